The van der Waals surface area contributed by atoms with Crippen LogP contribution in [0.2, 0.25) is 0 Å². The van der Waals surface area contributed by atoms with Gasteiger partial charge in [-0.25, -0.2) is 4.79 Å². The van der Waals surface area contributed by atoms with Gasteiger partial charge < -0.3 is 52.4 Å². The Morgan fingerprint density at radius 2 is 1.16 bits per heavy atom. The topological polar surface area (TPSA) is 261 Å². The summed E-state index contributed by atoms with van der Waals surface area (Å²) in [6.07, 6.45) is 5.40. The molecule has 300 valence electrons. The molecule has 1 fully saturated rings. The first-order chi connectivity index (χ1) is 28.0. The predicted molar refractivity (Wildman–Crippen MR) is 216 cm³/mol. The molecule has 1 saturated heterocycles. The average molecular weight is 788 g/mol. The van der Waals surface area contributed by atoms with Gasteiger partial charge in [0.2, 0.25) is 29.5 Å². The number of fused-ring (bicyclic) bond motifs is 3. The number of hydrogen-bond donors (Lipinski definition) is 9. The number of nitrogens with zero attached hydrogens (tertiary/aromatic N) is 1. The lowest BCUT2D eigenvalue weighted by Gasteiger charge is -2.30. The van der Waals surface area contributed by atoms with Gasteiger partial charge >= 0.3 is 5.97 Å². The third-order valence-corrected chi connectivity index (χ3v) is 10.8. The number of primary amides is 1. The van der Waals surface area contributed by atoms with Crippen LogP contribution in [0.5, 0.6) is 0 Å². The highest BCUT2D eigenvalue weighted by molar-refractivity contribution is 5.98. The molecule has 58 heavy (non-hydrogen) atoms. The zero-order valence-electron chi connectivity index (χ0n) is 31.5. The zero-order valence-corrected chi connectivity index (χ0v) is 31.5. The van der Waals surface area contributed by atoms with Crippen molar-refractivity contribution in [1.82, 2.24) is 35.8 Å². The van der Waals surface area contributed by atoms with E-state index in [0.717, 1.165) is 38.3 Å². The summed E-state index contributed by atoms with van der Waals surface area (Å²) in [7, 11) is 0. The lowest BCUT2D eigenvalue weighted by Crippen LogP contribution is -2.59. The van der Waals surface area contributed by atoms with E-state index in [1.165, 1.54) is 4.90 Å². The number of para-hydroxylation sites is 3. The maximum Gasteiger partial charge on any atom is 0.326 e. The van der Waals surface area contributed by atoms with Crippen LogP contribution in [-0.2, 0) is 48.0 Å². The van der Waals surface area contributed by atoms with E-state index in [0.29, 0.717) is 17.5 Å². The number of aliphatic carboxylic acids is 1. The number of nitrogens with two attached hydrogens (primary N) is 2. The third-order valence-electron chi connectivity index (χ3n) is 10.8. The van der Waals surface area contributed by atoms with E-state index in [9.17, 15) is 33.9 Å². The molecule has 0 unspecified atom stereocenters. The molecule has 0 bridgehead atoms. The number of H-pyrrole nitrogens is 3. The van der Waals surface area contributed by atoms with Crippen LogP contribution in [0.15, 0.2) is 91.4 Å². The maximum absolute atomic E-state index is 14.2. The monoisotopic (exact) mass is 787 g/mol. The minimum Gasteiger partial charge on any atom is -0.480 e. The molecule has 0 aliphatic carbocycles. The molecule has 1 aliphatic heterocycles. The van der Waals surface area contributed by atoms with Crippen LogP contribution in [0.25, 0.3) is 32.7 Å². The molecule has 5 amide bonds. The first-order valence-electron chi connectivity index (χ1n) is 19.1. The average Bonchev–Trinajstić information content (AvgIpc) is 4.03. The van der Waals surface area contributed by atoms with E-state index in [2.05, 4.69) is 30.9 Å². The summed E-state index contributed by atoms with van der Waals surface area (Å²) in [5, 5.41) is 20.6. The molecule has 0 radical (unpaired) electrons. The van der Waals surface area contributed by atoms with Gasteiger partial charge in [0, 0.05) is 70.7 Å². The van der Waals surface area contributed by atoms with Gasteiger partial charge in [-0.2, -0.15) is 0 Å². The van der Waals surface area contributed by atoms with E-state index >= 15 is 0 Å². The largest absolute Gasteiger partial charge is 0.480 e. The first kappa shape index (κ1) is 39.3. The van der Waals surface area contributed by atoms with Crippen molar-refractivity contribution in [2.45, 2.75) is 68.7 Å². The van der Waals surface area contributed by atoms with Gasteiger partial charge in [-0.3, -0.25) is 24.0 Å². The first-order valence-corrected chi connectivity index (χ1v) is 19.1. The Morgan fingerprint density at radius 3 is 1.67 bits per heavy atom. The molecular weight excluding hydrogens is 743 g/mol. The number of carbonyl (C=O) groups is 6. The SMILES string of the molecule is NC(=O)C[C@H](NC(=O)[C@H](Cc1c[nH]c2ccccc12)NC(=O)[C@@H](N)Cc1c[nH]c2ccccc12)C(=O)N1CCC[C@H]1C(=O)N[C@@H](Cc1c[nH]c2ccccc12)C(=O)O. The second-order valence-corrected chi connectivity index (χ2v) is 14.7. The minimum absolute atomic E-state index is 0.000620. The van der Waals surface area contributed by atoms with Gasteiger partial charge in [-0.05, 0) is 54.2 Å². The van der Waals surface area contributed by atoms with E-state index in [1.807, 2.05) is 72.8 Å². The molecule has 11 N–H and O–H groups in total. The lowest BCUT2D eigenvalue weighted by atomic mass is 10.0. The number of hydrogen-bond acceptors (Lipinski definition) is 7. The van der Waals surface area contributed by atoms with Crippen LogP contribution in [-0.4, -0.2) is 97.2 Å². The van der Waals surface area contributed by atoms with Crippen molar-refractivity contribution < 1.29 is 33.9 Å². The van der Waals surface area contributed by atoms with Crippen molar-refractivity contribution in [2.24, 2.45) is 11.5 Å². The highest BCUT2D eigenvalue weighted by Crippen LogP contribution is 2.24. The van der Waals surface area contributed by atoms with Crippen LogP contribution in [0.4, 0.5) is 0 Å². The fraction of sp³-hybridized carbons (Fsp3) is 0.286. The van der Waals surface area contributed by atoms with Gasteiger partial charge in [0.1, 0.15) is 24.2 Å². The van der Waals surface area contributed by atoms with E-state index in [1.54, 1.807) is 18.6 Å². The molecule has 0 spiro atoms. The molecule has 5 atom stereocenters. The second kappa shape index (κ2) is 17.1. The summed E-state index contributed by atoms with van der Waals surface area (Å²) in [5.74, 6) is -4.96. The quantitative estimate of drug-likeness (QED) is 0.0698. The molecule has 7 rings (SSSR count). The number of likely N-dealkylation sites (tertiary alicyclic amines) is 1. The summed E-state index contributed by atoms with van der Waals surface area (Å²) in [5.41, 5.74) is 16.7. The van der Waals surface area contributed by atoms with E-state index < -0.39 is 72.1 Å². The van der Waals surface area contributed by atoms with Gasteiger partial charge in [0.15, 0.2) is 0 Å². The molecular formula is C42H45N9O7. The number of nitrogens with one attached hydrogen (secondary N) is 6. The highest BCUT2D eigenvalue weighted by atomic mass is 16.4. The Kier molecular flexibility index (Phi) is 11.6. The standard InChI is InChI=1S/C42H45N9O7/c43-29(16-23-20-45-30-11-4-1-8-26(23)30)38(53)48-33(17-24-21-46-31-12-5-2-9-27(24)31)39(54)49-34(19-37(44)52)41(56)51-15-7-14-36(51)40(55)50-35(42(57)58)18-25-22-47-32-13-6-3-10-28(25)32/h1-6,8-13,20-22,29,33-36,45-47H,7,14-19,43H2,(H2,44,52)(H,48,53)(H,49,54)(H,50,55)(H,57,58)/t29-,33-,34-,35-,36-/m0/s1. The summed E-state index contributed by atoms with van der Waals surface area (Å²) >= 11 is 0. The number of rotatable bonds is 16. The van der Waals surface area contributed by atoms with Crippen molar-refractivity contribution >= 4 is 68.2 Å². The number of aromatic nitrogens is 3. The maximum atomic E-state index is 14.2. The van der Waals surface area contributed by atoms with Gasteiger partial charge in [-0.1, -0.05) is 54.6 Å². The molecule has 3 aromatic carbocycles. The number of amides is 5. The summed E-state index contributed by atoms with van der Waals surface area (Å²) in [6, 6.07) is 16.2. The van der Waals surface area contributed by atoms with Crippen molar-refractivity contribution in [3.05, 3.63) is 108 Å². The normalized spacial score (nSPS) is 16.2. The number of carboxylic acid groups (broad SMARTS) is 1. The number of benzene rings is 3. The summed E-state index contributed by atoms with van der Waals surface area (Å²) in [4.78, 5) is 91.0. The van der Waals surface area contributed by atoms with Gasteiger partial charge in [0.05, 0.1) is 12.5 Å². The second-order valence-electron chi connectivity index (χ2n) is 14.7. The Hall–Kier alpha value is -6.94. The lowest BCUT2D eigenvalue weighted by molar-refractivity contribution is -0.145. The van der Waals surface area contributed by atoms with Crippen molar-refractivity contribution in [3.63, 3.8) is 0 Å². The summed E-state index contributed by atoms with van der Waals surface area (Å²) < 4.78 is 0. The van der Waals surface area contributed by atoms with Gasteiger partial charge in [0.25, 0.3) is 0 Å². The molecule has 0 saturated carbocycles. The van der Waals surface area contributed by atoms with Crippen LogP contribution in [0.3, 0.4) is 0 Å². The van der Waals surface area contributed by atoms with E-state index in [-0.39, 0.29) is 32.2 Å². The number of carbonyl (C=O) groups excluding carboxylic acids is 5. The Labute approximate surface area is 332 Å². The molecule has 4 heterocycles. The predicted octanol–water partition coefficient (Wildman–Crippen LogP) is 1.89. The third kappa shape index (κ3) is 8.56. The highest BCUT2D eigenvalue weighted by Gasteiger charge is 2.40. The molecule has 3 aromatic heterocycles. The van der Waals surface area contributed by atoms with Crippen LogP contribution in [0.1, 0.15) is 36.0 Å². The van der Waals surface area contributed by atoms with Gasteiger partial charge in [-0.15, -0.1) is 0 Å². The van der Waals surface area contributed by atoms with Crippen LogP contribution < -0.4 is 27.4 Å². The number of aromatic amines is 3. The molecule has 1 aliphatic rings. The fourth-order valence-corrected chi connectivity index (χ4v) is 7.80. The zero-order chi connectivity index (χ0) is 40.9. The number of carboxylic acids is 1. The smallest absolute Gasteiger partial charge is 0.326 e. The molecule has 6 aromatic rings. The Morgan fingerprint density at radius 1 is 0.672 bits per heavy atom. The Bertz CT molecular complexity index is 2500. The Balaban J connectivity index is 1.08. The van der Waals surface area contributed by atoms with Crippen molar-refractivity contribution in [3.8, 4) is 0 Å². The van der Waals surface area contributed by atoms with Crippen LogP contribution >= 0.6 is 0 Å². The van der Waals surface area contributed by atoms with E-state index in [4.69, 9.17) is 11.5 Å². The minimum atomic E-state index is -1.50. The molecule has 16 nitrogen and oxygen atoms in total. The molecule has 16 heteroatoms. The van der Waals surface area contributed by atoms with Crippen molar-refractivity contribution in [2.75, 3.05) is 6.54 Å². The fourth-order valence-electron chi connectivity index (χ4n) is 7.80. The van der Waals surface area contributed by atoms with Crippen LogP contribution in [0, 0.1) is 0 Å². The van der Waals surface area contributed by atoms with Crippen molar-refractivity contribution in [1.29, 1.82) is 0 Å². The summed E-state index contributed by atoms with van der Waals surface area (Å²) in [6.45, 7) is 0.112.